The van der Waals surface area contributed by atoms with Crippen LogP contribution in [0, 0.1) is 0 Å². The molecule has 0 spiro atoms. The van der Waals surface area contributed by atoms with E-state index in [0.717, 1.165) is 16.9 Å². The van der Waals surface area contributed by atoms with Gasteiger partial charge in [0, 0.05) is 12.2 Å². The van der Waals surface area contributed by atoms with Gasteiger partial charge in [-0.1, -0.05) is 48.5 Å². The molecule has 0 amide bonds. The topological polar surface area (TPSA) is 29.5 Å². The maximum Gasteiger partial charge on any atom is 0.224 e. The highest BCUT2D eigenvalue weighted by Gasteiger charge is 2.07. The molecule has 0 aliphatic carbocycles. The van der Waals surface area contributed by atoms with Crippen LogP contribution in [0.5, 0.6) is 5.75 Å². The van der Waals surface area contributed by atoms with Crippen molar-refractivity contribution in [3.05, 3.63) is 54.6 Å². The minimum absolute atomic E-state index is 0.727. The lowest BCUT2D eigenvalue weighted by atomic mass is 10.1. The van der Waals surface area contributed by atoms with Gasteiger partial charge in [0.1, 0.15) is 5.75 Å². The number of rotatable bonds is 3. The predicted molar refractivity (Wildman–Crippen MR) is 67.6 cm³/mol. The smallest absolute Gasteiger partial charge is 0.224 e. The normalized spacial score (nSPS) is 12.1. The molecule has 1 N–H and O–H groups in total. The van der Waals surface area contributed by atoms with E-state index in [1.807, 2.05) is 54.6 Å². The Hall–Kier alpha value is -1.37. The second kappa shape index (κ2) is 5.11. The zero-order chi connectivity index (χ0) is 11.4. The van der Waals surface area contributed by atoms with E-state index in [0.29, 0.717) is 0 Å². The zero-order valence-corrected chi connectivity index (χ0v) is 9.89. The van der Waals surface area contributed by atoms with Crippen LogP contribution < -0.4 is 4.52 Å². The van der Waals surface area contributed by atoms with Gasteiger partial charge < -0.3 is 9.42 Å². The fourth-order valence-corrected chi connectivity index (χ4v) is 1.99. The first kappa shape index (κ1) is 11.1. The van der Waals surface area contributed by atoms with E-state index in [2.05, 4.69) is 0 Å². The van der Waals surface area contributed by atoms with E-state index in [9.17, 15) is 4.89 Å². The van der Waals surface area contributed by atoms with Crippen molar-refractivity contribution in [2.45, 2.75) is 0 Å². The van der Waals surface area contributed by atoms with Crippen LogP contribution in [0.2, 0.25) is 0 Å². The Balaban J connectivity index is 2.41. The Morgan fingerprint density at radius 2 is 1.56 bits per heavy atom. The van der Waals surface area contributed by atoms with Crippen LogP contribution in [0.3, 0.4) is 0 Å². The molecular weight excluding hydrogens is 219 g/mol. The first-order chi connectivity index (χ1) is 7.77. The number of hydrogen-bond donors (Lipinski definition) is 1. The Kier molecular flexibility index (Phi) is 3.55. The van der Waals surface area contributed by atoms with E-state index < -0.39 is 8.38 Å². The molecule has 16 heavy (non-hydrogen) atoms. The summed E-state index contributed by atoms with van der Waals surface area (Å²) in [5.41, 5.74) is 2.10. The molecule has 2 nitrogen and oxygen atoms in total. The summed E-state index contributed by atoms with van der Waals surface area (Å²) in [6.45, 7) is 1.66. The Bertz CT molecular complexity index is 454. The molecule has 0 saturated carbocycles. The molecule has 82 valence electrons. The number of benzene rings is 2. The summed E-state index contributed by atoms with van der Waals surface area (Å²) in [5, 5.41) is 0. The monoisotopic (exact) mass is 232 g/mol. The molecule has 0 aliphatic rings. The van der Waals surface area contributed by atoms with Gasteiger partial charge in [-0.15, -0.1) is 0 Å². The quantitative estimate of drug-likeness (QED) is 0.818. The Labute approximate surface area is 96.4 Å². The van der Waals surface area contributed by atoms with Gasteiger partial charge in [-0.3, -0.25) is 0 Å². The highest BCUT2D eigenvalue weighted by atomic mass is 31.2. The first-order valence-electron chi connectivity index (χ1n) is 5.02. The average Bonchev–Trinajstić information content (AvgIpc) is 2.30. The van der Waals surface area contributed by atoms with Crippen molar-refractivity contribution in [2.75, 3.05) is 6.66 Å². The first-order valence-corrected chi connectivity index (χ1v) is 6.68. The lowest BCUT2D eigenvalue weighted by molar-refractivity contribution is 0.495. The van der Waals surface area contributed by atoms with Crippen LogP contribution in [0.25, 0.3) is 11.1 Å². The second-order valence-electron chi connectivity index (χ2n) is 3.42. The third-order valence-electron chi connectivity index (χ3n) is 2.20. The molecule has 2 rings (SSSR count). The van der Waals surface area contributed by atoms with Gasteiger partial charge in [0.15, 0.2) is 0 Å². The number of para-hydroxylation sites is 1. The fraction of sp³-hybridized carbons (Fsp3) is 0.0769. The van der Waals surface area contributed by atoms with Crippen molar-refractivity contribution >= 4 is 8.38 Å². The largest absolute Gasteiger partial charge is 0.447 e. The second-order valence-corrected chi connectivity index (χ2v) is 4.53. The molecule has 0 saturated heterocycles. The van der Waals surface area contributed by atoms with Gasteiger partial charge in [0.25, 0.3) is 0 Å². The van der Waals surface area contributed by atoms with E-state index in [1.54, 1.807) is 6.66 Å². The Morgan fingerprint density at radius 1 is 0.938 bits per heavy atom. The summed E-state index contributed by atoms with van der Waals surface area (Å²) in [6.07, 6.45) is 0. The van der Waals surface area contributed by atoms with E-state index in [4.69, 9.17) is 4.52 Å². The highest BCUT2D eigenvalue weighted by Crippen LogP contribution is 2.36. The van der Waals surface area contributed by atoms with Crippen molar-refractivity contribution in [2.24, 2.45) is 0 Å². The van der Waals surface area contributed by atoms with E-state index >= 15 is 0 Å². The molecule has 0 fully saturated rings. The Morgan fingerprint density at radius 3 is 2.25 bits per heavy atom. The summed E-state index contributed by atoms with van der Waals surface area (Å²) >= 11 is 0. The zero-order valence-electron chi connectivity index (χ0n) is 9.00. The standard InChI is InChI=1S/C13H13O2P/c1-16(14)15-13-10-6-5-9-12(13)11-7-3-2-4-8-11/h2-10,14H,1H3. The third-order valence-corrected chi connectivity index (χ3v) is 2.66. The summed E-state index contributed by atoms with van der Waals surface area (Å²) in [7, 11) is -1.38. The maximum atomic E-state index is 9.32. The summed E-state index contributed by atoms with van der Waals surface area (Å²) in [4.78, 5) is 9.32. The van der Waals surface area contributed by atoms with Crippen LogP contribution >= 0.6 is 8.38 Å². The molecule has 1 atom stereocenters. The SMILES string of the molecule is CP(O)Oc1ccccc1-c1ccccc1. The molecule has 0 aliphatic heterocycles. The summed E-state index contributed by atoms with van der Waals surface area (Å²) < 4.78 is 5.42. The van der Waals surface area contributed by atoms with E-state index in [-0.39, 0.29) is 0 Å². The van der Waals surface area contributed by atoms with Crippen molar-refractivity contribution in [3.8, 4) is 16.9 Å². The van der Waals surface area contributed by atoms with Gasteiger partial charge in [0.2, 0.25) is 8.38 Å². The van der Waals surface area contributed by atoms with Gasteiger partial charge in [0.05, 0.1) is 0 Å². The van der Waals surface area contributed by atoms with Crippen LogP contribution in [0.4, 0.5) is 0 Å². The third kappa shape index (κ3) is 2.60. The maximum absolute atomic E-state index is 9.32. The molecule has 0 radical (unpaired) electrons. The van der Waals surface area contributed by atoms with Crippen LogP contribution in [-0.4, -0.2) is 11.6 Å². The molecule has 0 bridgehead atoms. The highest BCUT2D eigenvalue weighted by molar-refractivity contribution is 7.45. The average molecular weight is 232 g/mol. The van der Waals surface area contributed by atoms with Gasteiger partial charge >= 0.3 is 0 Å². The molecular formula is C13H13O2P. The molecule has 0 aromatic heterocycles. The molecule has 2 aromatic carbocycles. The van der Waals surface area contributed by atoms with Crippen LogP contribution in [-0.2, 0) is 0 Å². The summed E-state index contributed by atoms with van der Waals surface area (Å²) in [5.74, 6) is 0.727. The van der Waals surface area contributed by atoms with E-state index in [1.165, 1.54) is 0 Å². The van der Waals surface area contributed by atoms with Gasteiger partial charge in [-0.2, -0.15) is 0 Å². The predicted octanol–water partition coefficient (Wildman–Crippen LogP) is 3.67. The molecule has 1 unspecified atom stereocenters. The van der Waals surface area contributed by atoms with Crippen LogP contribution in [0.1, 0.15) is 0 Å². The van der Waals surface area contributed by atoms with Crippen molar-refractivity contribution in [1.29, 1.82) is 0 Å². The van der Waals surface area contributed by atoms with Gasteiger partial charge in [-0.25, -0.2) is 0 Å². The van der Waals surface area contributed by atoms with Gasteiger partial charge in [-0.05, 0) is 11.6 Å². The molecule has 2 aromatic rings. The van der Waals surface area contributed by atoms with Crippen molar-refractivity contribution < 1.29 is 9.42 Å². The molecule has 0 heterocycles. The van der Waals surface area contributed by atoms with Crippen LogP contribution in [0.15, 0.2) is 54.6 Å². The van der Waals surface area contributed by atoms with Crippen molar-refractivity contribution in [1.82, 2.24) is 0 Å². The minimum Gasteiger partial charge on any atom is -0.447 e. The minimum atomic E-state index is -1.38. The lowest BCUT2D eigenvalue weighted by Crippen LogP contribution is -1.88. The number of hydrogen-bond acceptors (Lipinski definition) is 2. The summed E-state index contributed by atoms with van der Waals surface area (Å²) in [6, 6.07) is 17.7. The fourth-order valence-electron chi connectivity index (χ4n) is 1.54. The van der Waals surface area contributed by atoms with Crippen molar-refractivity contribution in [3.63, 3.8) is 0 Å². The lowest BCUT2D eigenvalue weighted by Gasteiger charge is -2.12. The molecule has 3 heteroatoms.